The number of urea groups is 1. The topological polar surface area (TPSA) is 110 Å². The number of carbonyl (C=O) groups is 2. The van der Waals surface area contributed by atoms with Crippen LogP contribution in [0.3, 0.4) is 0 Å². The number of benzene rings is 1. The molecule has 0 saturated heterocycles. The average Bonchev–Trinajstić information content (AvgIpc) is 2.73. The summed E-state index contributed by atoms with van der Waals surface area (Å²) < 4.78 is 11.2. The first-order valence-electron chi connectivity index (χ1n) is 9.55. The van der Waals surface area contributed by atoms with E-state index in [1.165, 1.54) is 0 Å². The van der Waals surface area contributed by atoms with Gasteiger partial charge in [0.25, 0.3) is 0 Å². The molecule has 1 aromatic heterocycles. The first-order chi connectivity index (χ1) is 14.0. The van der Waals surface area contributed by atoms with Crippen molar-refractivity contribution < 1.29 is 24.2 Å². The maximum Gasteiger partial charge on any atom is 0.319 e. The lowest BCUT2D eigenvalue weighted by atomic mass is 9.86. The molecule has 1 aliphatic carbocycles. The Balaban J connectivity index is 1.56. The van der Waals surface area contributed by atoms with Gasteiger partial charge in [0.2, 0.25) is 0 Å². The Kier molecular flexibility index (Phi) is 6.89. The smallest absolute Gasteiger partial charge is 0.319 e. The lowest BCUT2D eigenvalue weighted by Gasteiger charge is -2.26. The summed E-state index contributed by atoms with van der Waals surface area (Å²) in [6.07, 6.45) is 5.87. The van der Waals surface area contributed by atoms with Crippen LogP contribution < -0.4 is 20.1 Å². The zero-order chi connectivity index (χ0) is 20.6. The van der Waals surface area contributed by atoms with Gasteiger partial charge in [-0.1, -0.05) is 0 Å². The van der Waals surface area contributed by atoms with E-state index in [1.807, 2.05) is 12.1 Å². The van der Waals surface area contributed by atoms with Crippen molar-refractivity contribution in [2.24, 2.45) is 5.92 Å². The Morgan fingerprint density at radius 2 is 1.83 bits per heavy atom. The van der Waals surface area contributed by atoms with Crippen molar-refractivity contribution in [2.45, 2.75) is 38.3 Å². The Morgan fingerprint density at radius 1 is 1.10 bits per heavy atom. The van der Waals surface area contributed by atoms with Crippen LogP contribution >= 0.6 is 0 Å². The van der Waals surface area contributed by atoms with E-state index in [0.717, 1.165) is 5.56 Å². The number of pyridine rings is 1. The summed E-state index contributed by atoms with van der Waals surface area (Å²) in [7, 11) is 1.56. The molecule has 3 N–H and O–H groups in total. The second-order valence-electron chi connectivity index (χ2n) is 7.00. The van der Waals surface area contributed by atoms with Gasteiger partial charge in [-0.05, 0) is 55.5 Å². The molecule has 0 unspecified atom stereocenters. The summed E-state index contributed by atoms with van der Waals surface area (Å²) >= 11 is 0. The Morgan fingerprint density at radius 3 is 2.48 bits per heavy atom. The maximum atomic E-state index is 12.3. The van der Waals surface area contributed by atoms with Crippen LogP contribution in [0.4, 0.5) is 10.5 Å². The van der Waals surface area contributed by atoms with Crippen molar-refractivity contribution in [3.8, 4) is 11.5 Å². The van der Waals surface area contributed by atoms with Crippen molar-refractivity contribution >= 4 is 17.7 Å². The van der Waals surface area contributed by atoms with Gasteiger partial charge in [0.05, 0.1) is 13.0 Å². The fraction of sp³-hybridized carbons (Fsp3) is 0.381. The highest BCUT2D eigenvalue weighted by atomic mass is 16.5. The molecule has 1 saturated carbocycles. The molecular weight excluding hydrogens is 374 g/mol. The van der Waals surface area contributed by atoms with Gasteiger partial charge < -0.3 is 25.2 Å². The highest BCUT2D eigenvalue weighted by Crippen LogP contribution is 2.31. The molecule has 1 fully saturated rings. The van der Waals surface area contributed by atoms with Crippen molar-refractivity contribution in [1.29, 1.82) is 0 Å². The van der Waals surface area contributed by atoms with Crippen molar-refractivity contribution in [3.63, 3.8) is 0 Å². The summed E-state index contributed by atoms with van der Waals surface area (Å²) in [5, 5.41) is 14.8. The molecule has 0 atom stereocenters. The Labute approximate surface area is 169 Å². The summed E-state index contributed by atoms with van der Waals surface area (Å²) in [6.45, 7) is 0.349. The molecule has 2 aromatic rings. The molecule has 1 heterocycles. The fourth-order valence-corrected chi connectivity index (χ4v) is 3.34. The maximum absolute atomic E-state index is 12.3. The van der Waals surface area contributed by atoms with Gasteiger partial charge in [-0.3, -0.25) is 9.78 Å². The van der Waals surface area contributed by atoms with E-state index in [9.17, 15) is 9.59 Å². The number of ether oxygens (including phenoxy) is 2. The molecule has 8 heteroatoms. The SMILES string of the molecule is COc1ccc(NC(=O)NC2CCC(C(=O)O)CC2)cc1OCc1ccncc1. The Hall–Kier alpha value is -3.29. The molecule has 8 nitrogen and oxygen atoms in total. The minimum absolute atomic E-state index is 0.0220. The van der Waals surface area contributed by atoms with Gasteiger partial charge in [-0.15, -0.1) is 0 Å². The van der Waals surface area contributed by atoms with Gasteiger partial charge in [0.15, 0.2) is 11.5 Å². The summed E-state index contributed by atoms with van der Waals surface area (Å²) in [6, 6.07) is 8.55. The molecule has 29 heavy (non-hydrogen) atoms. The van der Waals surface area contributed by atoms with E-state index in [-0.39, 0.29) is 18.0 Å². The number of carboxylic acid groups (broad SMARTS) is 1. The van der Waals surface area contributed by atoms with Crippen LogP contribution in [0, 0.1) is 5.92 Å². The lowest BCUT2D eigenvalue weighted by Crippen LogP contribution is -2.40. The van der Waals surface area contributed by atoms with Crippen LogP contribution in [-0.4, -0.2) is 35.2 Å². The molecule has 0 aliphatic heterocycles. The number of nitrogens with one attached hydrogen (secondary N) is 2. The predicted octanol–water partition coefficient (Wildman–Crippen LogP) is 3.43. The van der Waals surface area contributed by atoms with Gasteiger partial charge in [-0.2, -0.15) is 0 Å². The molecule has 3 rings (SSSR count). The summed E-state index contributed by atoms with van der Waals surface area (Å²) in [5.74, 6) is 0.0179. The zero-order valence-corrected chi connectivity index (χ0v) is 16.3. The molecule has 0 radical (unpaired) electrons. The molecule has 1 aromatic carbocycles. The van der Waals surface area contributed by atoms with Crippen LogP contribution in [-0.2, 0) is 11.4 Å². The molecule has 2 amide bonds. The minimum Gasteiger partial charge on any atom is -0.493 e. The number of aromatic nitrogens is 1. The van der Waals surface area contributed by atoms with Gasteiger partial charge in [-0.25, -0.2) is 4.79 Å². The first kappa shape index (κ1) is 20.4. The van der Waals surface area contributed by atoms with Crippen molar-refractivity contribution in [3.05, 3.63) is 48.3 Å². The van der Waals surface area contributed by atoms with Crippen LogP contribution in [0.25, 0.3) is 0 Å². The summed E-state index contributed by atoms with van der Waals surface area (Å²) in [4.78, 5) is 27.3. The van der Waals surface area contributed by atoms with Crippen LogP contribution in [0.5, 0.6) is 11.5 Å². The predicted molar refractivity (Wildman–Crippen MR) is 107 cm³/mol. The molecular formula is C21H25N3O5. The third-order valence-electron chi connectivity index (χ3n) is 4.98. The third-order valence-corrected chi connectivity index (χ3v) is 4.98. The number of aliphatic carboxylic acids is 1. The minimum atomic E-state index is -0.759. The van der Waals surface area contributed by atoms with Gasteiger partial charge in [0.1, 0.15) is 6.61 Å². The van der Waals surface area contributed by atoms with E-state index in [4.69, 9.17) is 14.6 Å². The number of anilines is 1. The van der Waals surface area contributed by atoms with Crippen molar-refractivity contribution in [2.75, 3.05) is 12.4 Å². The van der Waals surface area contributed by atoms with Gasteiger partial charge >= 0.3 is 12.0 Å². The number of carbonyl (C=O) groups excluding carboxylic acids is 1. The highest BCUT2D eigenvalue weighted by Gasteiger charge is 2.26. The molecule has 0 spiro atoms. The number of methoxy groups -OCH3 is 1. The van der Waals surface area contributed by atoms with E-state index in [0.29, 0.717) is 49.5 Å². The van der Waals surface area contributed by atoms with E-state index >= 15 is 0 Å². The monoisotopic (exact) mass is 399 g/mol. The number of nitrogens with zero attached hydrogens (tertiary/aromatic N) is 1. The summed E-state index contributed by atoms with van der Waals surface area (Å²) in [5.41, 5.74) is 1.54. The fourth-order valence-electron chi connectivity index (χ4n) is 3.34. The highest BCUT2D eigenvalue weighted by molar-refractivity contribution is 5.89. The van der Waals surface area contributed by atoms with E-state index in [1.54, 1.807) is 37.7 Å². The molecule has 154 valence electrons. The quantitative estimate of drug-likeness (QED) is 0.658. The number of rotatable bonds is 7. The number of carboxylic acids is 1. The number of hydrogen-bond acceptors (Lipinski definition) is 5. The average molecular weight is 399 g/mol. The normalized spacial score (nSPS) is 18.5. The molecule has 0 bridgehead atoms. The third kappa shape index (κ3) is 5.84. The molecule has 1 aliphatic rings. The zero-order valence-electron chi connectivity index (χ0n) is 16.3. The second kappa shape index (κ2) is 9.77. The standard InChI is InChI=1S/C21H25N3O5/c1-28-18-7-6-17(12-19(18)29-13-14-8-10-22-11-9-14)24-21(27)23-16-4-2-15(3-5-16)20(25)26/h6-12,15-16H,2-5,13H2,1H3,(H,25,26)(H2,23,24,27). The van der Waals surface area contributed by atoms with Gasteiger partial charge in [0, 0.05) is 30.2 Å². The number of hydrogen-bond donors (Lipinski definition) is 3. The van der Waals surface area contributed by atoms with Crippen LogP contribution in [0.15, 0.2) is 42.7 Å². The number of amides is 2. The van der Waals surface area contributed by atoms with Crippen LogP contribution in [0.2, 0.25) is 0 Å². The van der Waals surface area contributed by atoms with E-state index < -0.39 is 5.97 Å². The first-order valence-corrected chi connectivity index (χ1v) is 9.55. The lowest BCUT2D eigenvalue weighted by molar-refractivity contribution is -0.142. The Bertz CT molecular complexity index is 835. The second-order valence-corrected chi connectivity index (χ2v) is 7.00. The van der Waals surface area contributed by atoms with Crippen LogP contribution in [0.1, 0.15) is 31.2 Å². The van der Waals surface area contributed by atoms with E-state index in [2.05, 4.69) is 15.6 Å². The van der Waals surface area contributed by atoms with Crippen molar-refractivity contribution in [1.82, 2.24) is 10.3 Å². The largest absolute Gasteiger partial charge is 0.493 e.